The lowest BCUT2D eigenvalue weighted by molar-refractivity contribution is -0.115. The Hall–Kier alpha value is -2.38. The molecule has 0 aliphatic carbocycles. The monoisotopic (exact) mass is 453 g/mol. The van der Waals surface area contributed by atoms with Crippen LogP contribution in [-0.4, -0.2) is 31.4 Å². The first-order chi connectivity index (χ1) is 12.8. The zero-order valence-electron chi connectivity index (χ0n) is 14.7. The Morgan fingerprint density at radius 2 is 1.81 bits per heavy atom. The Kier molecular flexibility index (Phi) is 7.38. The number of hydrogen-bond donors (Lipinski definition) is 1. The molecule has 8 heteroatoms. The van der Waals surface area contributed by atoms with Gasteiger partial charge in [-0.2, -0.15) is 0 Å². The lowest BCUT2D eigenvalue weighted by Gasteiger charge is -2.13. The van der Waals surface area contributed by atoms with Gasteiger partial charge >= 0.3 is 5.97 Å². The summed E-state index contributed by atoms with van der Waals surface area (Å²) in [4.78, 5) is 36.0. The van der Waals surface area contributed by atoms with Crippen molar-refractivity contribution in [1.82, 2.24) is 0 Å². The molecule has 0 aromatic heterocycles. The lowest BCUT2D eigenvalue weighted by atomic mass is 10.1. The number of rotatable bonds is 7. The number of carbonyl (C=O) groups is 3. The number of esters is 1. The van der Waals surface area contributed by atoms with Crippen molar-refractivity contribution in [3.05, 3.63) is 57.0 Å². The zero-order chi connectivity index (χ0) is 20.0. The highest BCUT2D eigenvalue weighted by atomic mass is 79.9. The van der Waals surface area contributed by atoms with Crippen LogP contribution in [0.25, 0.3) is 0 Å². The Labute approximate surface area is 169 Å². The maximum atomic E-state index is 12.3. The number of nitrogens with one attached hydrogen (secondary N) is 1. The summed E-state index contributed by atoms with van der Waals surface area (Å²) in [7, 11) is 1.37. The molecule has 0 aliphatic heterocycles. The van der Waals surface area contributed by atoms with Crippen LogP contribution in [0.5, 0.6) is 5.75 Å². The maximum absolute atomic E-state index is 12.3. The Morgan fingerprint density at radius 1 is 1.15 bits per heavy atom. The van der Waals surface area contributed by atoms with Gasteiger partial charge in [-0.15, -0.1) is 0 Å². The third-order valence-corrected chi connectivity index (χ3v) is 4.45. The predicted octanol–water partition coefficient (Wildman–Crippen LogP) is 4.50. The second-order valence-electron chi connectivity index (χ2n) is 5.44. The van der Waals surface area contributed by atoms with E-state index in [0.29, 0.717) is 11.3 Å². The van der Waals surface area contributed by atoms with Gasteiger partial charge in [0.1, 0.15) is 11.3 Å². The lowest BCUT2D eigenvalue weighted by Crippen LogP contribution is -2.15. The summed E-state index contributed by atoms with van der Waals surface area (Å²) in [5, 5.41) is 2.77. The van der Waals surface area contributed by atoms with Crippen molar-refractivity contribution in [2.45, 2.75) is 13.3 Å². The van der Waals surface area contributed by atoms with E-state index in [1.807, 2.05) is 0 Å². The molecule has 0 radical (unpaired) electrons. The third-order valence-electron chi connectivity index (χ3n) is 3.60. The fraction of sp³-hybridized carbons (Fsp3) is 0.211. The largest absolute Gasteiger partial charge is 0.496 e. The molecule has 0 saturated heterocycles. The molecule has 1 N–H and O–H groups in total. The van der Waals surface area contributed by atoms with Gasteiger partial charge in [-0.3, -0.25) is 9.59 Å². The van der Waals surface area contributed by atoms with Crippen molar-refractivity contribution in [2.24, 2.45) is 0 Å². The minimum atomic E-state index is -0.757. The van der Waals surface area contributed by atoms with Crippen LogP contribution in [0.4, 0.5) is 5.69 Å². The number of amides is 1. The van der Waals surface area contributed by atoms with E-state index in [9.17, 15) is 14.4 Å². The van der Waals surface area contributed by atoms with E-state index < -0.39 is 12.6 Å². The molecule has 0 saturated carbocycles. The van der Waals surface area contributed by atoms with Gasteiger partial charge in [-0.25, -0.2) is 4.79 Å². The van der Waals surface area contributed by atoms with Gasteiger partial charge in [0.05, 0.1) is 17.8 Å². The van der Waals surface area contributed by atoms with Gasteiger partial charge in [-0.05, 0) is 18.2 Å². The Morgan fingerprint density at radius 3 is 2.41 bits per heavy atom. The molecular formula is C19H17BrClNO5. The third kappa shape index (κ3) is 5.55. The molecule has 0 unspecified atom stereocenters. The predicted molar refractivity (Wildman–Crippen MR) is 106 cm³/mol. The molecule has 1 amide bonds. The molecule has 2 rings (SSSR count). The van der Waals surface area contributed by atoms with Crippen molar-refractivity contribution in [1.29, 1.82) is 0 Å². The molecular weight excluding hydrogens is 438 g/mol. The minimum Gasteiger partial charge on any atom is -0.496 e. The van der Waals surface area contributed by atoms with E-state index in [1.54, 1.807) is 31.2 Å². The number of anilines is 1. The summed E-state index contributed by atoms with van der Waals surface area (Å²) in [5.74, 6) is -1.15. The standard InChI is InChI=1S/C19H17BrClNO5/c1-3-18(24)22-15-9-17(26-2)13(8-14(15)21)19(25)27-10-16(23)11-4-6-12(20)7-5-11/h4-9H,3,10H2,1-2H3,(H,22,24). The van der Waals surface area contributed by atoms with E-state index in [2.05, 4.69) is 21.2 Å². The Balaban J connectivity index is 2.13. The molecule has 2 aromatic carbocycles. The highest BCUT2D eigenvalue weighted by molar-refractivity contribution is 9.10. The van der Waals surface area contributed by atoms with E-state index in [0.717, 1.165) is 4.47 Å². The summed E-state index contributed by atoms with van der Waals surface area (Å²) in [6.45, 7) is 1.28. The highest BCUT2D eigenvalue weighted by Crippen LogP contribution is 2.31. The van der Waals surface area contributed by atoms with Crippen LogP contribution >= 0.6 is 27.5 Å². The first kappa shape index (κ1) is 20.9. The second-order valence-corrected chi connectivity index (χ2v) is 6.76. The molecule has 27 heavy (non-hydrogen) atoms. The van der Waals surface area contributed by atoms with Gasteiger partial charge in [0.2, 0.25) is 5.91 Å². The number of benzene rings is 2. The number of ether oxygens (including phenoxy) is 2. The maximum Gasteiger partial charge on any atom is 0.342 e. The SMILES string of the molecule is CCC(=O)Nc1cc(OC)c(C(=O)OCC(=O)c2ccc(Br)cc2)cc1Cl. The Bertz CT molecular complexity index is 867. The molecule has 142 valence electrons. The summed E-state index contributed by atoms with van der Waals surface area (Å²) in [6.07, 6.45) is 0.278. The molecule has 6 nitrogen and oxygen atoms in total. The second kappa shape index (κ2) is 9.53. The van der Waals surface area contributed by atoms with Crippen LogP contribution < -0.4 is 10.1 Å². The number of hydrogen-bond acceptors (Lipinski definition) is 5. The average molecular weight is 455 g/mol. The van der Waals surface area contributed by atoms with Gasteiger partial charge in [0.15, 0.2) is 12.4 Å². The molecule has 0 heterocycles. The van der Waals surface area contributed by atoms with E-state index in [4.69, 9.17) is 21.1 Å². The topological polar surface area (TPSA) is 81.7 Å². The van der Waals surface area contributed by atoms with Gasteiger partial charge in [0.25, 0.3) is 0 Å². The molecule has 0 aliphatic rings. The van der Waals surface area contributed by atoms with Crippen LogP contribution in [-0.2, 0) is 9.53 Å². The smallest absolute Gasteiger partial charge is 0.342 e. The first-order valence-electron chi connectivity index (χ1n) is 7.99. The van der Waals surface area contributed by atoms with Crippen molar-refractivity contribution in [3.63, 3.8) is 0 Å². The van der Waals surface area contributed by atoms with Crippen LogP contribution in [0.15, 0.2) is 40.9 Å². The number of halogens is 2. The normalized spacial score (nSPS) is 10.2. The summed E-state index contributed by atoms with van der Waals surface area (Å²) >= 11 is 9.41. The van der Waals surface area contributed by atoms with E-state index in [-0.39, 0.29) is 34.4 Å². The van der Waals surface area contributed by atoms with E-state index >= 15 is 0 Å². The number of carbonyl (C=O) groups excluding carboxylic acids is 3. The van der Waals surface area contributed by atoms with Crippen LogP contribution in [0.3, 0.4) is 0 Å². The van der Waals surface area contributed by atoms with Gasteiger partial charge in [0, 0.05) is 22.5 Å². The van der Waals surface area contributed by atoms with Crippen molar-refractivity contribution >= 4 is 50.9 Å². The number of ketones is 1. The average Bonchev–Trinajstić information content (AvgIpc) is 2.67. The summed E-state index contributed by atoms with van der Waals surface area (Å²) in [5.41, 5.74) is 0.803. The fourth-order valence-electron chi connectivity index (χ4n) is 2.14. The van der Waals surface area contributed by atoms with Gasteiger partial charge < -0.3 is 14.8 Å². The van der Waals surface area contributed by atoms with Crippen LogP contribution in [0.1, 0.15) is 34.1 Å². The summed E-state index contributed by atoms with van der Waals surface area (Å²) in [6, 6.07) is 9.47. The molecule has 0 atom stereocenters. The fourth-order valence-corrected chi connectivity index (χ4v) is 2.62. The molecule has 2 aromatic rings. The quantitative estimate of drug-likeness (QED) is 0.492. The van der Waals surface area contributed by atoms with Crippen LogP contribution in [0.2, 0.25) is 5.02 Å². The van der Waals surface area contributed by atoms with Gasteiger partial charge in [-0.1, -0.05) is 46.6 Å². The first-order valence-corrected chi connectivity index (χ1v) is 9.16. The zero-order valence-corrected chi connectivity index (χ0v) is 17.0. The van der Waals surface area contributed by atoms with E-state index in [1.165, 1.54) is 19.2 Å². The van der Waals surface area contributed by atoms with Crippen molar-refractivity contribution in [3.8, 4) is 5.75 Å². The highest BCUT2D eigenvalue weighted by Gasteiger charge is 2.19. The molecule has 0 spiro atoms. The number of methoxy groups -OCH3 is 1. The molecule has 0 fully saturated rings. The van der Waals surface area contributed by atoms with Crippen molar-refractivity contribution < 1.29 is 23.9 Å². The minimum absolute atomic E-state index is 0.0561. The van der Waals surface area contributed by atoms with Crippen molar-refractivity contribution in [2.75, 3.05) is 19.0 Å². The molecule has 0 bridgehead atoms. The summed E-state index contributed by atoms with van der Waals surface area (Å²) < 4.78 is 11.1. The number of Topliss-reactive ketones (excluding diaryl/α,β-unsaturated/α-hetero) is 1. The van der Waals surface area contributed by atoms with Crippen LogP contribution in [0, 0.1) is 0 Å².